The van der Waals surface area contributed by atoms with Gasteiger partial charge in [0, 0.05) is 17.5 Å². The number of hydrogen-bond acceptors (Lipinski definition) is 3. The van der Waals surface area contributed by atoms with Gasteiger partial charge in [-0.1, -0.05) is 85.8 Å². The third kappa shape index (κ3) is 5.88. The van der Waals surface area contributed by atoms with E-state index in [1.807, 2.05) is 49.4 Å². The molecular weight excluding hydrogens is 370 g/mol. The number of carbonyl (C=O) groups is 1. The standard InChI is InChI=1S/C27H31NO2/c1-20(22-12-14-24(15-13-22)23-6-4-3-5-7-23)18-26(30)25-10-8-21(9-11-25)16-17-27(2,28)19-29/h3-15,20,29H,16-19,28H2,1-2H3. The van der Waals surface area contributed by atoms with Crippen molar-refractivity contribution in [3.63, 3.8) is 0 Å². The maximum absolute atomic E-state index is 12.7. The van der Waals surface area contributed by atoms with Crippen LogP contribution in [0, 0.1) is 0 Å². The van der Waals surface area contributed by atoms with Crippen LogP contribution in [0.3, 0.4) is 0 Å². The van der Waals surface area contributed by atoms with Crippen LogP contribution >= 0.6 is 0 Å². The highest BCUT2D eigenvalue weighted by atomic mass is 16.3. The smallest absolute Gasteiger partial charge is 0.163 e. The monoisotopic (exact) mass is 401 g/mol. The molecule has 3 N–H and O–H groups in total. The largest absolute Gasteiger partial charge is 0.394 e. The van der Waals surface area contributed by atoms with E-state index in [0.717, 1.165) is 17.5 Å². The molecule has 30 heavy (non-hydrogen) atoms. The van der Waals surface area contributed by atoms with Crippen molar-refractivity contribution < 1.29 is 9.90 Å². The van der Waals surface area contributed by atoms with Crippen LogP contribution < -0.4 is 5.73 Å². The second-order valence-electron chi connectivity index (χ2n) is 8.53. The van der Waals surface area contributed by atoms with Crippen molar-refractivity contribution in [2.75, 3.05) is 6.61 Å². The van der Waals surface area contributed by atoms with Gasteiger partial charge in [-0.3, -0.25) is 4.79 Å². The van der Waals surface area contributed by atoms with Crippen LogP contribution in [0.2, 0.25) is 0 Å². The van der Waals surface area contributed by atoms with Crippen molar-refractivity contribution in [1.29, 1.82) is 0 Å². The Labute approximate surface area is 179 Å². The number of ketones is 1. The molecule has 0 bridgehead atoms. The molecule has 0 spiro atoms. The summed E-state index contributed by atoms with van der Waals surface area (Å²) in [6.07, 6.45) is 1.97. The van der Waals surface area contributed by atoms with Gasteiger partial charge in [-0.25, -0.2) is 0 Å². The van der Waals surface area contributed by atoms with Gasteiger partial charge in [0.15, 0.2) is 5.78 Å². The van der Waals surface area contributed by atoms with Crippen molar-refractivity contribution in [2.45, 2.75) is 44.6 Å². The maximum atomic E-state index is 12.7. The number of hydrogen-bond donors (Lipinski definition) is 2. The van der Waals surface area contributed by atoms with Crippen LogP contribution in [-0.2, 0) is 6.42 Å². The van der Waals surface area contributed by atoms with E-state index in [1.54, 1.807) is 0 Å². The summed E-state index contributed by atoms with van der Waals surface area (Å²) in [6, 6.07) is 26.5. The Balaban J connectivity index is 1.58. The molecule has 156 valence electrons. The number of aryl methyl sites for hydroxylation is 1. The normalized spacial score (nSPS) is 14.1. The molecule has 2 atom stereocenters. The van der Waals surface area contributed by atoms with Crippen LogP contribution in [0.5, 0.6) is 0 Å². The zero-order chi connectivity index (χ0) is 21.6. The van der Waals surface area contributed by atoms with Gasteiger partial charge >= 0.3 is 0 Å². The van der Waals surface area contributed by atoms with Crippen molar-refractivity contribution in [3.05, 3.63) is 95.6 Å². The minimum absolute atomic E-state index is 0.0339. The number of aliphatic hydroxyl groups excluding tert-OH is 1. The molecule has 0 aliphatic rings. The van der Waals surface area contributed by atoms with E-state index in [1.165, 1.54) is 16.7 Å². The van der Waals surface area contributed by atoms with Crippen molar-refractivity contribution >= 4 is 5.78 Å². The molecule has 0 fully saturated rings. The summed E-state index contributed by atoms with van der Waals surface area (Å²) in [7, 11) is 0. The summed E-state index contributed by atoms with van der Waals surface area (Å²) in [5.41, 5.74) is 10.8. The summed E-state index contributed by atoms with van der Waals surface area (Å²) in [5.74, 6) is 0.310. The molecule has 3 nitrogen and oxygen atoms in total. The lowest BCUT2D eigenvalue weighted by molar-refractivity contribution is 0.0975. The average Bonchev–Trinajstić information content (AvgIpc) is 2.79. The molecule has 3 aromatic rings. The van der Waals surface area contributed by atoms with Crippen molar-refractivity contribution in [2.24, 2.45) is 5.73 Å². The predicted octanol–water partition coefficient (Wildman–Crippen LogP) is 5.37. The summed E-state index contributed by atoms with van der Waals surface area (Å²) in [4.78, 5) is 12.7. The molecule has 0 radical (unpaired) electrons. The molecule has 0 aliphatic heterocycles. The Morgan fingerprint density at radius 3 is 2.13 bits per heavy atom. The molecule has 0 amide bonds. The third-order valence-electron chi connectivity index (χ3n) is 5.70. The van der Waals surface area contributed by atoms with Crippen LogP contribution in [0.4, 0.5) is 0 Å². The summed E-state index contributed by atoms with van der Waals surface area (Å²) < 4.78 is 0. The fourth-order valence-corrected chi connectivity index (χ4v) is 3.51. The predicted molar refractivity (Wildman–Crippen MR) is 124 cm³/mol. The number of aliphatic hydroxyl groups is 1. The van der Waals surface area contributed by atoms with Crippen LogP contribution in [-0.4, -0.2) is 23.0 Å². The van der Waals surface area contributed by atoms with Gasteiger partial charge in [-0.05, 0) is 47.9 Å². The molecular formula is C27H31NO2. The molecule has 3 heteroatoms. The van der Waals surface area contributed by atoms with E-state index in [-0.39, 0.29) is 18.3 Å². The lowest BCUT2D eigenvalue weighted by Gasteiger charge is -2.21. The Morgan fingerprint density at radius 2 is 1.53 bits per heavy atom. The van der Waals surface area contributed by atoms with E-state index >= 15 is 0 Å². The number of Topliss-reactive ketones (excluding diaryl/α,β-unsaturated/α-hetero) is 1. The summed E-state index contributed by atoms with van der Waals surface area (Å²) >= 11 is 0. The van der Waals surface area contributed by atoms with E-state index in [4.69, 9.17) is 5.73 Å². The van der Waals surface area contributed by atoms with Gasteiger partial charge in [0.25, 0.3) is 0 Å². The van der Waals surface area contributed by atoms with Crippen LogP contribution in [0.1, 0.15) is 54.1 Å². The summed E-state index contributed by atoms with van der Waals surface area (Å²) in [6.45, 7) is 3.91. The molecule has 0 aromatic heterocycles. The van der Waals surface area contributed by atoms with Gasteiger partial charge < -0.3 is 10.8 Å². The zero-order valence-electron chi connectivity index (χ0n) is 17.8. The van der Waals surface area contributed by atoms with E-state index < -0.39 is 5.54 Å². The molecule has 2 unspecified atom stereocenters. The fourth-order valence-electron chi connectivity index (χ4n) is 3.51. The number of benzene rings is 3. The van der Waals surface area contributed by atoms with Gasteiger partial charge in [0.1, 0.15) is 0 Å². The first-order valence-electron chi connectivity index (χ1n) is 10.6. The van der Waals surface area contributed by atoms with E-state index in [0.29, 0.717) is 12.8 Å². The Hall–Kier alpha value is -2.75. The number of carbonyl (C=O) groups excluding carboxylic acids is 1. The van der Waals surface area contributed by atoms with Crippen LogP contribution in [0.15, 0.2) is 78.9 Å². The second kappa shape index (κ2) is 9.84. The average molecular weight is 402 g/mol. The molecule has 0 heterocycles. The highest BCUT2D eigenvalue weighted by molar-refractivity contribution is 5.96. The lowest BCUT2D eigenvalue weighted by atomic mass is 9.91. The highest BCUT2D eigenvalue weighted by Crippen LogP contribution is 2.25. The highest BCUT2D eigenvalue weighted by Gasteiger charge is 2.17. The van der Waals surface area contributed by atoms with E-state index in [2.05, 4.69) is 43.3 Å². The molecule has 3 rings (SSSR count). The summed E-state index contributed by atoms with van der Waals surface area (Å²) in [5, 5.41) is 9.27. The van der Waals surface area contributed by atoms with E-state index in [9.17, 15) is 9.90 Å². The van der Waals surface area contributed by atoms with Gasteiger partial charge in [0.2, 0.25) is 0 Å². The first-order valence-corrected chi connectivity index (χ1v) is 10.6. The van der Waals surface area contributed by atoms with Gasteiger partial charge in [-0.15, -0.1) is 0 Å². The van der Waals surface area contributed by atoms with Crippen molar-refractivity contribution in [1.82, 2.24) is 0 Å². The maximum Gasteiger partial charge on any atom is 0.163 e. The topological polar surface area (TPSA) is 63.3 Å². The minimum Gasteiger partial charge on any atom is -0.394 e. The molecule has 0 saturated heterocycles. The zero-order valence-corrected chi connectivity index (χ0v) is 17.8. The number of rotatable bonds is 9. The second-order valence-corrected chi connectivity index (χ2v) is 8.53. The van der Waals surface area contributed by atoms with Gasteiger partial charge in [-0.2, -0.15) is 0 Å². The first kappa shape index (κ1) is 21.9. The Kier molecular flexibility index (Phi) is 7.20. The Morgan fingerprint density at radius 1 is 0.933 bits per heavy atom. The fraction of sp³-hybridized carbons (Fsp3) is 0.296. The minimum atomic E-state index is -0.569. The van der Waals surface area contributed by atoms with Gasteiger partial charge in [0.05, 0.1) is 6.61 Å². The lowest BCUT2D eigenvalue weighted by Crippen LogP contribution is -2.40. The third-order valence-corrected chi connectivity index (χ3v) is 5.70. The first-order chi connectivity index (χ1) is 14.4. The SMILES string of the molecule is CC(CC(=O)c1ccc(CCC(C)(N)CO)cc1)c1ccc(-c2ccccc2)cc1. The van der Waals surface area contributed by atoms with Crippen molar-refractivity contribution in [3.8, 4) is 11.1 Å². The molecule has 3 aromatic carbocycles. The molecule has 0 aliphatic carbocycles. The molecule has 0 saturated carbocycles. The quantitative estimate of drug-likeness (QED) is 0.474. The Bertz CT molecular complexity index is 944. The van der Waals surface area contributed by atoms with Crippen LogP contribution in [0.25, 0.3) is 11.1 Å². The number of nitrogens with two attached hydrogens (primary N) is 1.